The Hall–Kier alpha value is -2.14. The summed E-state index contributed by atoms with van der Waals surface area (Å²) in [6, 6.07) is 7.91. The van der Waals surface area contributed by atoms with Crippen molar-refractivity contribution in [2.24, 2.45) is 0 Å². The minimum Gasteiger partial charge on any atom is -0.494 e. The summed E-state index contributed by atoms with van der Waals surface area (Å²) < 4.78 is 7.23. The predicted molar refractivity (Wildman–Crippen MR) is 95.6 cm³/mol. The highest BCUT2D eigenvalue weighted by molar-refractivity contribution is 7.19. The Kier molecular flexibility index (Phi) is 4.22. The second-order valence-corrected chi connectivity index (χ2v) is 6.58. The fourth-order valence-corrected chi connectivity index (χ4v) is 3.98. The van der Waals surface area contributed by atoms with Gasteiger partial charge in [0.2, 0.25) is 0 Å². The van der Waals surface area contributed by atoms with E-state index in [9.17, 15) is 4.79 Å². The lowest BCUT2D eigenvalue weighted by Crippen LogP contribution is -2.22. The minimum absolute atomic E-state index is 0.0447. The van der Waals surface area contributed by atoms with Gasteiger partial charge in [0.15, 0.2) is 0 Å². The number of fused-ring (bicyclic) bond motifs is 1. The van der Waals surface area contributed by atoms with Crippen molar-refractivity contribution in [1.82, 2.24) is 9.55 Å². The van der Waals surface area contributed by atoms with E-state index in [1.165, 1.54) is 0 Å². The van der Waals surface area contributed by atoms with Crippen LogP contribution in [0.15, 0.2) is 29.1 Å². The number of rotatable bonds is 4. The molecule has 0 saturated carbocycles. The van der Waals surface area contributed by atoms with Crippen LogP contribution in [-0.2, 0) is 6.54 Å². The van der Waals surface area contributed by atoms with Gasteiger partial charge in [0, 0.05) is 17.0 Å². The highest BCUT2D eigenvalue weighted by Gasteiger charge is 2.18. The molecule has 4 nitrogen and oxygen atoms in total. The Balaban J connectivity index is 2.24. The lowest BCUT2D eigenvalue weighted by molar-refractivity contribution is 0.340. The third-order valence-corrected chi connectivity index (χ3v) is 4.95. The molecule has 0 aliphatic rings. The Morgan fingerprint density at radius 3 is 2.48 bits per heavy atom. The molecular weight excluding hydrogens is 308 g/mol. The first-order valence-electron chi connectivity index (χ1n) is 7.80. The molecule has 0 fully saturated rings. The van der Waals surface area contributed by atoms with E-state index in [0.29, 0.717) is 13.2 Å². The summed E-state index contributed by atoms with van der Waals surface area (Å²) in [7, 11) is 0. The van der Waals surface area contributed by atoms with Crippen molar-refractivity contribution >= 4 is 21.6 Å². The number of aryl methyl sites for hydroxylation is 2. The molecule has 1 aromatic carbocycles. The van der Waals surface area contributed by atoms with E-state index in [0.717, 1.165) is 37.8 Å². The van der Waals surface area contributed by atoms with Gasteiger partial charge < -0.3 is 4.74 Å². The molecule has 0 atom stereocenters. The van der Waals surface area contributed by atoms with E-state index in [-0.39, 0.29) is 5.56 Å². The maximum Gasteiger partial charge on any atom is 0.262 e. The molecule has 2 aromatic heterocycles. The average molecular weight is 328 g/mol. The molecular formula is C18H20N2O2S. The average Bonchev–Trinajstić information content (AvgIpc) is 2.85. The molecule has 3 rings (SSSR count). The van der Waals surface area contributed by atoms with E-state index in [1.807, 2.05) is 52.0 Å². The molecule has 0 amide bonds. The summed E-state index contributed by atoms with van der Waals surface area (Å²) >= 11 is 1.58. The molecule has 0 aliphatic carbocycles. The second-order valence-electron chi connectivity index (χ2n) is 5.38. The summed E-state index contributed by atoms with van der Waals surface area (Å²) in [4.78, 5) is 19.4. The van der Waals surface area contributed by atoms with Crippen LogP contribution in [0.1, 0.15) is 24.5 Å². The summed E-state index contributed by atoms with van der Waals surface area (Å²) in [6.07, 6.45) is 0. The van der Waals surface area contributed by atoms with E-state index >= 15 is 0 Å². The molecule has 23 heavy (non-hydrogen) atoms. The van der Waals surface area contributed by atoms with Crippen LogP contribution in [0.4, 0.5) is 0 Å². The van der Waals surface area contributed by atoms with Crippen LogP contribution in [0.25, 0.3) is 21.3 Å². The number of benzene rings is 1. The number of ether oxygens (including phenoxy) is 1. The van der Waals surface area contributed by atoms with E-state index in [4.69, 9.17) is 4.74 Å². The number of thiophene rings is 1. The summed E-state index contributed by atoms with van der Waals surface area (Å²) in [6.45, 7) is 9.14. The normalized spacial score (nSPS) is 11.1. The smallest absolute Gasteiger partial charge is 0.262 e. The van der Waals surface area contributed by atoms with Gasteiger partial charge in [0.05, 0.1) is 12.0 Å². The Bertz CT molecular complexity index is 907. The van der Waals surface area contributed by atoms with Crippen molar-refractivity contribution in [3.63, 3.8) is 0 Å². The summed E-state index contributed by atoms with van der Waals surface area (Å²) in [5.74, 6) is 1.61. The highest BCUT2D eigenvalue weighted by atomic mass is 32.1. The van der Waals surface area contributed by atoms with Gasteiger partial charge in [-0.3, -0.25) is 9.36 Å². The Morgan fingerprint density at radius 1 is 1.17 bits per heavy atom. The van der Waals surface area contributed by atoms with E-state index < -0.39 is 0 Å². The van der Waals surface area contributed by atoms with Gasteiger partial charge >= 0.3 is 0 Å². The third kappa shape index (κ3) is 2.65. The molecule has 5 heteroatoms. The van der Waals surface area contributed by atoms with Gasteiger partial charge in [0.25, 0.3) is 5.56 Å². The van der Waals surface area contributed by atoms with Gasteiger partial charge in [-0.05, 0) is 45.4 Å². The standard InChI is InChI=1S/C18H20N2O2S/c1-5-20-12(4)19-17-16(18(20)21)15(11(3)23-17)13-7-9-14(10-8-13)22-6-2/h7-10H,5-6H2,1-4H3. The van der Waals surface area contributed by atoms with Gasteiger partial charge in [0.1, 0.15) is 16.4 Å². The Morgan fingerprint density at radius 2 is 1.87 bits per heavy atom. The molecule has 0 aliphatic heterocycles. The SMILES string of the molecule is CCOc1ccc(-c2c(C)sc3nc(C)n(CC)c(=O)c23)cc1. The van der Waals surface area contributed by atoms with Gasteiger partial charge in [-0.15, -0.1) is 11.3 Å². The quantitative estimate of drug-likeness (QED) is 0.722. The van der Waals surface area contributed by atoms with Crippen molar-refractivity contribution in [2.45, 2.75) is 34.2 Å². The van der Waals surface area contributed by atoms with Crippen LogP contribution < -0.4 is 10.3 Å². The lowest BCUT2D eigenvalue weighted by Gasteiger charge is -2.08. The lowest BCUT2D eigenvalue weighted by atomic mass is 10.0. The minimum atomic E-state index is 0.0447. The fourth-order valence-electron chi connectivity index (χ4n) is 2.90. The van der Waals surface area contributed by atoms with Crippen molar-refractivity contribution < 1.29 is 4.74 Å². The maximum absolute atomic E-state index is 12.9. The van der Waals surface area contributed by atoms with Crippen LogP contribution >= 0.6 is 11.3 Å². The molecule has 0 bridgehead atoms. The molecule has 0 spiro atoms. The first-order valence-corrected chi connectivity index (χ1v) is 8.62. The van der Waals surface area contributed by atoms with Crippen molar-refractivity contribution in [3.05, 3.63) is 45.3 Å². The second kappa shape index (κ2) is 6.16. The van der Waals surface area contributed by atoms with Gasteiger partial charge in [-0.1, -0.05) is 12.1 Å². The number of aromatic nitrogens is 2. The molecule has 3 aromatic rings. The number of nitrogens with zero attached hydrogens (tertiary/aromatic N) is 2. The van der Waals surface area contributed by atoms with Gasteiger partial charge in [-0.2, -0.15) is 0 Å². The van der Waals surface area contributed by atoms with Crippen LogP contribution in [0.5, 0.6) is 5.75 Å². The maximum atomic E-state index is 12.9. The molecule has 0 saturated heterocycles. The zero-order chi connectivity index (χ0) is 16.6. The van der Waals surface area contributed by atoms with E-state index in [1.54, 1.807) is 15.9 Å². The van der Waals surface area contributed by atoms with Crippen molar-refractivity contribution in [2.75, 3.05) is 6.61 Å². The summed E-state index contributed by atoms with van der Waals surface area (Å²) in [5, 5.41) is 0.726. The topological polar surface area (TPSA) is 44.1 Å². The largest absolute Gasteiger partial charge is 0.494 e. The highest BCUT2D eigenvalue weighted by Crippen LogP contribution is 2.36. The Labute approximate surface area is 139 Å². The zero-order valence-corrected chi connectivity index (χ0v) is 14.7. The number of hydrogen-bond acceptors (Lipinski definition) is 4. The zero-order valence-electron chi connectivity index (χ0n) is 13.8. The molecule has 120 valence electrons. The van der Waals surface area contributed by atoms with E-state index in [2.05, 4.69) is 4.98 Å². The number of hydrogen-bond donors (Lipinski definition) is 0. The fraction of sp³-hybridized carbons (Fsp3) is 0.333. The molecule has 2 heterocycles. The monoisotopic (exact) mass is 328 g/mol. The third-order valence-electron chi connectivity index (χ3n) is 3.95. The summed E-state index contributed by atoms with van der Waals surface area (Å²) in [5.41, 5.74) is 2.07. The first kappa shape index (κ1) is 15.7. The molecule has 0 N–H and O–H groups in total. The van der Waals surface area contributed by atoms with Crippen LogP contribution in [0.2, 0.25) is 0 Å². The van der Waals surface area contributed by atoms with Gasteiger partial charge in [-0.25, -0.2) is 4.98 Å². The molecule has 0 unspecified atom stereocenters. The van der Waals surface area contributed by atoms with Crippen molar-refractivity contribution in [3.8, 4) is 16.9 Å². The first-order chi connectivity index (χ1) is 11.1. The van der Waals surface area contributed by atoms with Crippen LogP contribution in [0, 0.1) is 13.8 Å². The van der Waals surface area contributed by atoms with Crippen LogP contribution in [-0.4, -0.2) is 16.2 Å². The molecule has 0 radical (unpaired) electrons. The van der Waals surface area contributed by atoms with Crippen molar-refractivity contribution in [1.29, 1.82) is 0 Å². The predicted octanol–water partition coefficient (Wildman–Crippen LogP) is 4.16. The van der Waals surface area contributed by atoms with Crippen LogP contribution in [0.3, 0.4) is 0 Å².